The van der Waals surface area contributed by atoms with Crippen LogP contribution in [0.5, 0.6) is 5.75 Å². The van der Waals surface area contributed by atoms with Crippen LogP contribution < -0.4 is 10.5 Å². The van der Waals surface area contributed by atoms with E-state index in [-0.39, 0.29) is 11.8 Å². The van der Waals surface area contributed by atoms with Gasteiger partial charge in [0, 0.05) is 19.3 Å². The Labute approximate surface area is 111 Å². The Hall–Kier alpha value is -1.20. The highest BCUT2D eigenvalue weighted by atomic mass is 19.3. The predicted octanol–water partition coefficient (Wildman–Crippen LogP) is 3.10. The molecule has 1 aromatic carbocycles. The number of nitrogens with two attached hydrogens (primary N) is 1. The third-order valence-electron chi connectivity index (χ3n) is 3.46. The molecule has 1 saturated heterocycles. The molecule has 0 amide bonds. The van der Waals surface area contributed by atoms with E-state index in [0.717, 1.165) is 38.0 Å². The zero-order valence-corrected chi connectivity index (χ0v) is 10.7. The van der Waals surface area contributed by atoms with Crippen LogP contribution >= 0.6 is 0 Å². The summed E-state index contributed by atoms with van der Waals surface area (Å²) in [4.78, 5) is 0. The Bertz CT molecular complexity index is 378. The van der Waals surface area contributed by atoms with Gasteiger partial charge in [-0.1, -0.05) is 12.1 Å². The number of alkyl halides is 2. The molecule has 1 aliphatic heterocycles. The third kappa shape index (κ3) is 4.44. The monoisotopic (exact) mass is 271 g/mol. The molecule has 106 valence electrons. The van der Waals surface area contributed by atoms with Crippen molar-refractivity contribution in [2.45, 2.75) is 31.9 Å². The van der Waals surface area contributed by atoms with Crippen LogP contribution in [-0.2, 0) is 4.74 Å². The molecule has 0 radical (unpaired) electrons. The Morgan fingerprint density at radius 2 is 1.84 bits per heavy atom. The average Bonchev–Trinajstić information content (AvgIpc) is 2.40. The predicted molar refractivity (Wildman–Crippen MR) is 68.2 cm³/mol. The summed E-state index contributed by atoms with van der Waals surface area (Å²) in [5.41, 5.74) is 7.10. The van der Waals surface area contributed by atoms with Gasteiger partial charge in [0.15, 0.2) is 0 Å². The lowest BCUT2D eigenvalue weighted by Gasteiger charge is -2.25. The van der Waals surface area contributed by atoms with Crippen LogP contribution in [0.2, 0.25) is 0 Å². The Morgan fingerprint density at radius 3 is 2.42 bits per heavy atom. The van der Waals surface area contributed by atoms with Crippen molar-refractivity contribution in [3.05, 3.63) is 29.8 Å². The van der Waals surface area contributed by atoms with Crippen molar-refractivity contribution in [1.82, 2.24) is 0 Å². The number of hydrogen-bond acceptors (Lipinski definition) is 3. The lowest BCUT2D eigenvalue weighted by atomic mass is 9.90. The summed E-state index contributed by atoms with van der Waals surface area (Å²) in [7, 11) is 0. The van der Waals surface area contributed by atoms with E-state index in [0.29, 0.717) is 5.92 Å². The number of ether oxygens (including phenoxy) is 2. The molecular formula is C14H19F2NO2. The summed E-state index contributed by atoms with van der Waals surface area (Å²) >= 11 is 0. The van der Waals surface area contributed by atoms with E-state index >= 15 is 0 Å². The van der Waals surface area contributed by atoms with E-state index in [2.05, 4.69) is 4.74 Å². The van der Waals surface area contributed by atoms with Crippen LogP contribution in [0.3, 0.4) is 0 Å². The highest BCUT2D eigenvalue weighted by Crippen LogP contribution is 2.27. The number of hydrogen-bond donors (Lipinski definition) is 1. The molecular weight excluding hydrogens is 252 g/mol. The first-order chi connectivity index (χ1) is 9.15. The van der Waals surface area contributed by atoms with E-state index in [1.54, 1.807) is 12.1 Å². The Morgan fingerprint density at radius 1 is 1.21 bits per heavy atom. The van der Waals surface area contributed by atoms with Gasteiger partial charge >= 0.3 is 6.61 Å². The van der Waals surface area contributed by atoms with Gasteiger partial charge in [0.05, 0.1) is 0 Å². The van der Waals surface area contributed by atoms with Crippen molar-refractivity contribution in [1.29, 1.82) is 0 Å². The fourth-order valence-corrected chi connectivity index (χ4v) is 2.37. The first kappa shape index (κ1) is 14.2. The second-order valence-electron chi connectivity index (χ2n) is 4.85. The second kappa shape index (κ2) is 6.82. The lowest BCUT2D eigenvalue weighted by molar-refractivity contribution is -0.0498. The standard InChI is InChI=1S/C14H19F2NO2/c15-14(16)19-12-3-1-11(2-4-12)13(17)9-10-5-7-18-8-6-10/h1-4,10,13-14H,5-9,17H2. The molecule has 1 atom stereocenters. The number of halogens is 2. The maximum atomic E-state index is 12.0. The summed E-state index contributed by atoms with van der Waals surface area (Å²) < 4.78 is 33.7. The first-order valence-electron chi connectivity index (χ1n) is 6.53. The van der Waals surface area contributed by atoms with E-state index < -0.39 is 6.61 Å². The molecule has 1 fully saturated rings. The Kier molecular flexibility index (Phi) is 5.10. The second-order valence-corrected chi connectivity index (χ2v) is 4.85. The maximum absolute atomic E-state index is 12.0. The summed E-state index contributed by atoms with van der Waals surface area (Å²) in [5, 5.41) is 0. The van der Waals surface area contributed by atoms with Gasteiger partial charge in [-0.15, -0.1) is 0 Å². The summed E-state index contributed by atoms with van der Waals surface area (Å²) in [5.74, 6) is 0.748. The van der Waals surface area contributed by atoms with Gasteiger partial charge in [0.2, 0.25) is 0 Å². The van der Waals surface area contributed by atoms with Crippen LogP contribution in [0.1, 0.15) is 30.9 Å². The smallest absolute Gasteiger partial charge is 0.387 e. The van der Waals surface area contributed by atoms with Crippen LogP contribution in [0.4, 0.5) is 8.78 Å². The van der Waals surface area contributed by atoms with Gasteiger partial charge in [0.1, 0.15) is 5.75 Å². The molecule has 0 aliphatic carbocycles. The summed E-state index contributed by atoms with van der Waals surface area (Å²) in [6.45, 7) is -1.18. The van der Waals surface area contributed by atoms with E-state index in [4.69, 9.17) is 10.5 Å². The summed E-state index contributed by atoms with van der Waals surface area (Å²) in [6.07, 6.45) is 2.99. The molecule has 2 N–H and O–H groups in total. The molecule has 3 nitrogen and oxygen atoms in total. The van der Waals surface area contributed by atoms with Crippen molar-refractivity contribution in [2.75, 3.05) is 13.2 Å². The van der Waals surface area contributed by atoms with Gasteiger partial charge in [-0.3, -0.25) is 0 Å². The highest BCUT2D eigenvalue weighted by Gasteiger charge is 2.18. The zero-order valence-electron chi connectivity index (χ0n) is 10.7. The fourth-order valence-electron chi connectivity index (χ4n) is 2.37. The minimum atomic E-state index is -2.79. The van der Waals surface area contributed by atoms with E-state index in [1.807, 2.05) is 0 Å². The van der Waals surface area contributed by atoms with Crippen molar-refractivity contribution in [3.63, 3.8) is 0 Å². The molecule has 0 spiro atoms. The third-order valence-corrected chi connectivity index (χ3v) is 3.46. The quantitative estimate of drug-likeness (QED) is 0.895. The van der Waals surface area contributed by atoms with Crippen molar-refractivity contribution < 1.29 is 18.3 Å². The average molecular weight is 271 g/mol. The largest absolute Gasteiger partial charge is 0.435 e. The van der Waals surface area contributed by atoms with Gasteiger partial charge in [0.25, 0.3) is 0 Å². The first-order valence-corrected chi connectivity index (χ1v) is 6.53. The molecule has 0 aromatic heterocycles. The van der Waals surface area contributed by atoms with Gasteiger partial charge in [-0.25, -0.2) is 0 Å². The van der Waals surface area contributed by atoms with Gasteiger partial charge in [-0.05, 0) is 42.9 Å². The number of benzene rings is 1. The molecule has 0 saturated carbocycles. The van der Waals surface area contributed by atoms with Crippen molar-refractivity contribution >= 4 is 0 Å². The molecule has 1 heterocycles. The molecule has 0 bridgehead atoms. The van der Waals surface area contributed by atoms with Crippen LogP contribution in [-0.4, -0.2) is 19.8 Å². The maximum Gasteiger partial charge on any atom is 0.387 e. The van der Waals surface area contributed by atoms with Gasteiger partial charge < -0.3 is 15.2 Å². The fraction of sp³-hybridized carbons (Fsp3) is 0.571. The minimum Gasteiger partial charge on any atom is -0.435 e. The molecule has 1 aliphatic rings. The molecule has 19 heavy (non-hydrogen) atoms. The van der Waals surface area contributed by atoms with Crippen LogP contribution in [0.15, 0.2) is 24.3 Å². The normalized spacial score (nSPS) is 18.5. The molecule has 1 aromatic rings. The zero-order chi connectivity index (χ0) is 13.7. The lowest BCUT2D eigenvalue weighted by Crippen LogP contribution is -2.21. The summed E-state index contributed by atoms with van der Waals surface area (Å²) in [6, 6.07) is 6.50. The van der Waals surface area contributed by atoms with Crippen LogP contribution in [0, 0.1) is 5.92 Å². The van der Waals surface area contributed by atoms with Crippen molar-refractivity contribution in [3.8, 4) is 5.75 Å². The number of rotatable bonds is 5. The van der Waals surface area contributed by atoms with E-state index in [9.17, 15) is 8.78 Å². The molecule has 2 rings (SSSR count). The SMILES string of the molecule is NC(CC1CCOCC1)c1ccc(OC(F)F)cc1. The van der Waals surface area contributed by atoms with Crippen molar-refractivity contribution in [2.24, 2.45) is 11.7 Å². The highest BCUT2D eigenvalue weighted by molar-refractivity contribution is 5.29. The van der Waals surface area contributed by atoms with Gasteiger partial charge in [-0.2, -0.15) is 8.78 Å². The van der Waals surface area contributed by atoms with E-state index in [1.165, 1.54) is 12.1 Å². The molecule has 1 unspecified atom stereocenters. The minimum absolute atomic E-state index is 0.0660. The molecule has 5 heteroatoms. The van der Waals surface area contributed by atoms with Crippen LogP contribution in [0.25, 0.3) is 0 Å². The Balaban J connectivity index is 1.89. The topological polar surface area (TPSA) is 44.5 Å².